The lowest BCUT2D eigenvalue weighted by Gasteiger charge is -1.88. The Kier molecular flexibility index (Phi) is 1.85. The number of hydrogen-bond acceptors (Lipinski definition) is 2. The van der Waals surface area contributed by atoms with Crippen LogP contribution in [0.3, 0.4) is 0 Å². The molecule has 1 aromatic rings. The van der Waals surface area contributed by atoms with E-state index in [2.05, 4.69) is 5.10 Å². The monoisotopic (exact) mass is 137 g/mol. The molecule has 0 aliphatic heterocycles. The molecule has 0 fully saturated rings. The lowest BCUT2D eigenvalue weighted by Crippen LogP contribution is -1.93. The van der Waals surface area contributed by atoms with Crippen LogP contribution in [0.1, 0.15) is 11.4 Å². The maximum atomic E-state index is 9.92. The van der Waals surface area contributed by atoms with E-state index < -0.39 is 0 Å². The summed E-state index contributed by atoms with van der Waals surface area (Å²) in [5, 5.41) is 4.05. The van der Waals surface area contributed by atoms with Crippen LogP contribution >= 0.6 is 0 Å². The van der Waals surface area contributed by atoms with Crippen molar-refractivity contribution in [2.24, 2.45) is 7.05 Å². The Hall–Kier alpha value is -1.12. The Labute approximate surface area is 59.7 Å². The van der Waals surface area contributed by atoms with Crippen LogP contribution in [0.25, 0.3) is 0 Å². The lowest BCUT2D eigenvalue weighted by atomic mass is 10.3. The van der Waals surface area contributed by atoms with E-state index in [1.54, 1.807) is 11.0 Å². The summed E-state index contributed by atoms with van der Waals surface area (Å²) in [6.07, 6.45) is 2.09. The molecule has 0 aromatic carbocycles. The van der Waals surface area contributed by atoms with Crippen molar-refractivity contribution in [2.75, 3.05) is 0 Å². The van der Waals surface area contributed by atoms with Gasteiger partial charge in [0.2, 0.25) is 6.29 Å². The Morgan fingerprint density at radius 1 is 1.80 bits per heavy atom. The first kappa shape index (κ1) is 6.99. The van der Waals surface area contributed by atoms with E-state index in [4.69, 9.17) is 0 Å². The van der Waals surface area contributed by atoms with Crippen LogP contribution in [-0.4, -0.2) is 16.1 Å². The highest BCUT2D eigenvalue weighted by Gasteiger charge is 1.98. The summed E-state index contributed by atoms with van der Waals surface area (Å²) >= 11 is 0. The molecule has 1 radical (unpaired) electrons. The highest BCUT2D eigenvalue weighted by molar-refractivity contribution is 5.54. The van der Waals surface area contributed by atoms with E-state index >= 15 is 0 Å². The van der Waals surface area contributed by atoms with Crippen molar-refractivity contribution in [2.45, 2.75) is 13.3 Å². The number of aromatic nitrogens is 2. The van der Waals surface area contributed by atoms with Gasteiger partial charge in [0, 0.05) is 12.7 Å². The molecule has 0 bridgehead atoms. The summed E-state index contributed by atoms with van der Waals surface area (Å²) in [5.74, 6) is 0. The molecule has 0 spiro atoms. The quantitative estimate of drug-likeness (QED) is 0.590. The number of aryl methyl sites for hydroxylation is 2. The molecule has 0 N–H and O–H groups in total. The third-order valence-corrected chi connectivity index (χ3v) is 1.42. The fourth-order valence-electron chi connectivity index (χ4n) is 0.795. The minimum atomic E-state index is 0.293. The van der Waals surface area contributed by atoms with Crippen LogP contribution in [0.2, 0.25) is 0 Å². The van der Waals surface area contributed by atoms with E-state index in [-0.39, 0.29) is 0 Å². The first-order valence-electron chi connectivity index (χ1n) is 3.08. The first-order valence-corrected chi connectivity index (χ1v) is 3.08. The Bertz CT molecular complexity index is 220. The molecule has 0 unspecified atom stereocenters. The van der Waals surface area contributed by atoms with Gasteiger partial charge in [-0.3, -0.25) is 9.48 Å². The molecule has 0 saturated carbocycles. The zero-order valence-electron chi connectivity index (χ0n) is 6.09. The van der Waals surface area contributed by atoms with Gasteiger partial charge in [0.15, 0.2) is 0 Å². The molecule has 0 aliphatic carbocycles. The molecule has 0 atom stereocenters. The van der Waals surface area contributed by atoms with Crippen molar-refractivity contribution in [1.82, 2.24) is 9.78 Å². The molecule has 3 heteroatoms. The predicted octanol–water partition coefficient (Wildman–Crippen LogP) is 0.381. The molecule has 53 valence electrons. The Morgan fingerprint density at radius 2 is 2.50 bits per heavy atom. The van der Waals surface area contributed by atoms with Crippen LogP contribution in [-0.2, 0) is 18.3 Å². The average Bonchev–Trinajstić information content (AvgIpc) is 2.14. The number of hydrogen-bond donors (Lipinski definition) is 0. The largest absolute Gasteiger partial charge is 0.290 e. The van der Waals surface area contributed by atoms with E-state index in [1.807, 2.05) is 20.0 Å². The molecular formula is C7H9N2O. The fraction of sp³-hybridized carbons (Fsp3) is 0.429. The van der Waals surface area contributed by atoms with Crippen LogP contribution in [0.4, 0.5) is 0 Å². The molecule has 0 saturated heterocycles. The highest BCUT2D eigenvalue weighted by atomic mass is 16.1. The second-order valence-corrected chi connectivity index (χ2v) is 2.22. The van der Waals surface area contributed by atoms with E-state index in [0.29, 0.717) is 6.42 Å². The predicted molar refractivity (Wildman–Crippen MR) is 37.3 cm³/mol. The number of nitrogens with zero attached hydrogens (tertiary/aromatic N) is 2. The third-order valence-electron chi connectivity index (χ3n) is 1.42. The smallest absolute Gasteiger partial charge is 0.204 e. The van der Waals surface area contributed by atoms with Crippen LogP contribution in [0, 0.1) is 6.92 Å². The van der Waals surface area contributed by atoms with Crippen LogP contribution in [0.5, 0.6) is 0 Å². The van der Waals surface area contributed by atoms with Crippen molar-refractivity contribution < 1.29 is 4.79 Å². The van der Waals surface area contributed by atoms with Crippen molar-refractivity contribution in [1.29, 1.82) is 0 Å². The topological polar surface area (TPSA) is 34.9 Å². The molecule has 1 rings (SSSR count). The minimum Gasteiger partial charge on any atom is -0.290 e. The zero-order chi connectivity index (χ0) is 7.56. The maximum absolute atomic E-state index is 9.92. The fourth-order valence-corrected chi connectivity index (χ4v) is 0.795. The summed E-state index contributed by atoms with van der Waals surface area (Å²) in [4.78, 5) is 9.92. The second kappa shape index (κ2) is 2.64. The molecule has 0 aliphatic rings. The first-order chi connectivity index (χ1) is 4.74. The van der Waals surface area contributed by atoms with Crippen molar-refractivity contribution in [3.05, 3.63) is 17.5 Å². The molecular weight excluding hydrogens is 128 g/mol. The van der Waals surface area contributed by atoms with Crippen LogP contribution in [0.15, 0.2) is 6.07 Å². The van der Waals surface area contributed by atoms with E-state index in [9.17, 15) is 4.79 Å². The lowest BCUT2D eigenvalue weighted by molar-refractivity contribution is 0.554. The molecule has 3 nitrogen and oxygen atoms in total. The van der Waals surface area contributed by atoms with Gasteiger partial charge in [-0.15, -0.1) is 0 Å². The number of rotatable bonds is 2. The van der Waals surface area contributed by atoms with E-state index in [0.717, 1.165) is 11.4 Å². The van der Waals surface area contributed by atoms with Crippen LogP contribution < -0.4 is 0 Å². The van der Waals surface area contributed by atoms with Gasteiger partial charge in [0.05, 0.1) is 12.1 Å². The van der Waals surface area contributed by atoms with Gasteiger partial charge in [-0.25, -0.2) is 0 Å². The third kappa shape index (κ3) is 1.23. The van der Waals surface area contributed by atoms with Gasteiger partial charge in [-0.05, 0) is 13.0 Å². The van der Waals surface area contributed by atoms with E-state index in [1.165, 1.54) is 0 Å². The normalized spacial score (nSPS) is 9.80. The van der Waals surface area contributed by atoms with Gasteiger partial charge in [0.25, 0.3) is 0 Å². The molecule has 1 aromatic heterocycles. The van der Waals surface area contributed by atoms with Gasteiger partial charge < -0.3 is 0 Å². The second-order valence-electron chi connectivity index (χ2n) is 2.22. The molecule has 1 heterocycles. The Morgan fingerprint density at radius 3 is 2.90 bits per heavy atom. The standard InChI is InChI=1S/C7H9N2O/c1-6-5-7(3-4-10)8-9(6)2/h5H,3H2,1-2H3. The van der Waals surface area contributed by atoms with Crippen molar-refractivity contribution >= 4 is 6.29 Å². The van der Waals surface area contributed by atoms with Gasteiger partial charge in [0.1, 0.15) is 0 Å². The molecule has 10 heavy (non-hydrogen) atoms. The molecule has 0 amide bonds. The van der Waals surface area contributed by atoms with Gasteiger partial charge in [-0.1, -0.05) is 0 Å². The highest BCUT2D eigenvalue weighted by Crippen LogP contribution is 1.99. The zero-order valence-corrected chi connectivity index (χ0v) is 6.09. The summed E-state index contributed by atoms with van der Waals surface area (Å²) in [6, 6.07) is 1.88. The maximum Gasteiger partial charge on any atom is 0.204 e. The van der Waals surface area contributed by atoms with Crippen molar-refractivity contribution in [3.63, 3.8) is 0 Å². The summed E-state index contributed by atoms with van der Waals surface area (Å²) in [7, 11) is 1.85. The number of carbonyl (C=O) groups excluding carboxylic acids is 1. The summed E-state index contributed by atoms with van der Waals surface area (Å²) < 4.78 is 1.74. The Balaban J connectivity index is 2.86. The van der Waals surface area contributed by atoms with Gasteiger partial charge in [-0.2, -0.15) is 5.10 Å². The SMILES string of the molecule is Cc1cc(C[C]=O)nn1C. The summed E-state index contributed by atoms with van der Waals surface area (Å²) in [5.41, 5.74) is 1.85. The van der Waals surface area contributed by atoms with Crippen molar-refractivity contribution in [3.8, 4) is 0 Å². The van der Waals surface area contributed by atoms with Gasteiger partial charge >= 0.3 is 0 Å². The minimum absolute atomic E-state index is 0.293. The summed E-state index contributed by atoms with van der Waals surface area (Å²) in [6.45, 7) is 1.95. The average molecular weight is 137 g/mol.